The van der Waals surface area contributed by atoms with Crippen LogP contribution in [0.1, 0.15) is 59.8 Å². The highest BCUT2D eigenvalue weighted by atomic mass is 16.1. The lowest BCUT2D eigenvalue weighted by atomic mass is 9.83. The zero-order valence-corrected chi connectivity index (χ0v) is 12.1. The van der Waals surface area contributed by atoms with Crippen LogP contribution in [0.15, 0.2) is 0 Å². The predicted molar refractivity (Wildman–Crippen MR) is 72.3 cm³/mol. The summed E-state index contributed by atoms with van der Waals surface area (Å²) in [5.74, 6) is 0.125. The Hall–Kier alpha value is -0.990. The number of hydrogen-bond donors (Lipinski definition) is 0. The highest BCUT2D eigenvalue weighted by Crippen LogP contribution is 2.23. The van der Waals surface area contributed by atoms with Crippen LogP contribution in [0.2, 0.25) is 0 Å². The van der Waals surface area contributed by atoms with Gasteiger partial charge in [0.05, 0.1) is 0 Å². The molecule has 0 radical (unpaired) electrons. The Morgan fingerprint density at radius 2 is 1.56 bits per heavy atom. The van der Waals surface area contributed by atoms with E-state index in [1.165, 1.54) is 0 Å². The van der Waals surface area contributed by atoms with Crippen LogP contribution in [0, 0.1) is 17.8 Å². The Morgan fingerprint density at radius 3 is 1.94 bits per heavy atom. The Kier molecular flexibility index (Phi) is 8.51. The second-order valence-corrected chi connectivity index (χ2v) is 5.01. The lowest BCUT2D eigenvalue weighted by molar-refractivity contribution is -0.124. The summed E-state index contributed by atoms with van der Waals surface area (Å²) in [5.41, 5.74) is 0. The molecule has 0 aliphatic heterocycles. The van der Waals surface area contributed by atoms with Gasteiger partial charge in [-0.25, -0.2) is 0 Å². The van der Waals surface area contributed by atoms with Crippen LogP contribution in [-0.4, -0.2) is 17.9 Å². The number of Topliss-reactive ketones (excluding diaryl/α,β-unsaturated/α-hetero) is 2. The minimum absolute atomic E-state index is 0.0332. The molecule has 0 saturated heterocycles. The number of rotatable bonds is 10. The zero-order valence-electron chi connectivity index (χ0n) is 12.1. The van der Waals surface area contributed by atoms with Gasteiger partial charge in [0.15, 0.2) is 0 Å². The number of aldehydes is 1. The van der Waals surface area contributed by atoms with Gasteiger partial charge in [-0.1, -0.05) is 27.7 Å². The molecule has 3 nitrogen and oxygen atoms in total. The lowest BCUT2D eigenvalue weighted by Crippen LogP contribution is -2.21. The second kappa shape index (κ2) is 9.01. The second-order valence-electron chi connectivity index (χ2n) is 5.01. The van der Waals surface area contributed by atoms with Gasteiger partial charge in [0.2, 0.25) is 0 Å². The van der Waals surface area contributed by atoms with Crippen LogP contribution in [-0.2, 0) is 14.4 Å². The predicted octanol–water partition coefficient (Wildman–Crippen LogP) is 3.20. The van der Waals surface area contributed by atoms with Crippen molar-refractivity contribution in [1.82, 2.24) is 0 Å². The quantitative estimate of drug-likeness (QED) is 0.562. The molecule has 0 aromatic rings. The van der Waals surface area contributed by atoms with E-state index in [0.29, 0.717) is 25.7 Å². The number of carbonyl (C=O) groups is 3. The summed E-state index contributed by atoms with van der Waals surface area (Å²) in [6.07, 6.45) is 3.88. The molecule has 3 unspecified atom stereocenters. The van der Waals surface area contributed by atoms with Crippen LogP contribution in [0.4, 0.5) is 0 Å². The summed E-state index contributed by atoms with van der Waals surface area (Å²) in [6, 6.07) is 0. The van der Waals surface area contributed by atoms with Crippen LogP contribution in [0.3, 0.4) is 0 Å². The van der Waals surface area contributed by atoms with Crippen LogP contribution in [0.25, 0.3) is 0 Å². The van der Waals surface area contributed by atoms with Crippen LogP contribution >= 0.6 is 0 Å². The van der Waals surface area contributed by atoms with Crippen molar-refractivity contribution in [3.05, 3.63) is 0 Å². The summed E-state index contributed by atoms with van der Waals surface area (Å²) in [7, 11) is 0. The van der Waals surface area contributed by atoms with Crippen molar-refractivity contribution in [2.45, 2.75) is 59.8 Å². The van der Waals surface area contributed by atoms with E-state index in [-0.39, 0.29) is 29.3 Å². The summed E-state index contributed by atoms with van der Waals surface area (Å²) < 4.78 is 0. The first-order valence-corrected chi connectivity index (χ1v) is 7.00. The van der Waals surface area contributed by atoms with Gasteiger partial charge in [-0.15, -0.1) is 0 Å². The maximum Gasteiger partial charge on any atom is 0.135 e. The van der Waals surface area contributed by atoms with Gasteiger partial charge in [0, 0.05) is 30.6 Å². The molecule has 3 heteroatoms. The molecule has 0 fully saturated rings. The van der Waals surface area contributed by atoms with Gasteiger partial charge in [-0.05, 0) is 19.3 Å². The Balaban J connectivity index is 4.45. The number of ketones is 2. The van der Waals surface area contributed by atoms with E-state index in [1.54, 1.807) is 0 Å². The third-order valence-electron chi connectivity index (χ3n) is 3.63. The minimum atomic E-state index is -0.170. The van der Waals surface area contributed by atoms with Gasteiger partial charge in [0.25, 0.3) is 0 Å². The summed E-state index contributed by atoms with van der Waals surface area (Å²) >= 11 is 0. The number of hydrogen-bond acceptors (Lipinski definition) is 3. The summed E-state index contributed by atoms with van der Waals surface area (Å²) in [6.45, 7) is 7.53. The molecule has 0 amide bonds. The van der Waals surface area contributed by atoms with Crippen LogP contribution in [0.5, 0.6) is 0 Å². The monoisotopic (exact) mass is 254 g/mol. The van der Waals surface area contributed by atoms with E-state index in [0.717, 1.165) is 12.7 Å². The maximum absolute atomic E-state index is 11.7. The molecule has 104 valence electrons. The van der Waals surface area contributed by atoms with Crippen molar-refractivity contribution in [1.29, 1.82) is 0 Å². The highest BCUT2D eigenvalue weighted by molar-refractivity contribution is 5.81. The average Bonchev–Trinajstić information content (AvgIpc) is 2.40. The molecule has 0 aliphatic carbocycles. The first-order valence-electron chi connectivity index (χ1n) is 7.00. The average molecular weight is 254 g/mol. The van der Waals surface area contributed by atoms with Gasteiger partial charge >= 0.3 is 0 Å². The van der Waals surface area contributed by atoms with E-state index < -0.39 is 0 Å². The largest absolute Gasteiger partial charge is 0.303 e. The van der Waals surface area contributed by atoms with E-state index >= 15 is 0 Å². The zero-order chi connectivity index (χ0) is 14.1. The van der Waals surface area contributed by atoms with Crippen molar-refractivity contribution >= 4 is 17.9 Å². The Bertz CT molecular complexity index is 283. The molecule has 3 atom stereocenters. The number of carbonyl (C=O) groups excluding carboxylic acids is 3. The molecule has 0 aliphatic rings. The highest BCUT2D eigenvalue weighted by Gasteiger charge is 2.23. The fraction of sp³-hybridized carbons (Fsp3) is 0.800. The van der Waals surface area contributed by atoms with Crippen molar-refractivity contribution < 1.29 is 14.4 Å². The standard InChI is InChI=1S/C15H26O3/c1-5-13(15(18)7-3)9-12(10-16)8-11(4)14(17)6-2/h10-13H,5-9H2,1-4H3. The topological polar surface area (TPSA) is 51.2 Å². The van der Waals surface area contributed by atoms with Crippen LogP contribution < -0.4 is 0 Å². The third kappa shape index (κ3) is 5.56. The first-order chi connectivity index (χ1) is 8.49. The van der Waals surface area contributed by atoms with E-state index in [2.05, 4.69) is 0 Å². The molecular formula is C15H26O3. The summed E-state index contributed by atoms with van der Waals surface area (Å²) in [4.78, 5) is 34.3. The van der Waals surface area contributed by atoms with Gasteiger partial charge < -0.3 is 4.79 Å². The molecule has 0 aromatic carbocycles. The van der Waals surface area contributed by atoms with Gasteiger partial charge in [-0.3, -0.25) is 9.59 Å². The van der Waals surface area contributed by atoms with Crippen molar-refractivity contribution in [2.75, 3.05) is 0 Å². The molecule has 0 bridgehead atoms. The molecule has 0 aromatic heterocycles. The van der Waals surface area contributed by atoms with Crippen molar-refractivity contribution in [3.8, 4) is 0 Å². The maximum atomic E-state index is 11.7. The third-order valence-corrected chi connectivity index (χ3v) is 3.63. The Labute approximate surface area is 110 Å². The fourth-order valence-corrected chi connectivity index (χ4v) is 2.32. The van der Waals surface area contributed by atoms with Gasteiger partial charge in [-0.2, -0.15) is 0 Å². The van der Waals surface area contributed by atoms with Crippen molar-refractivity contribution in [3.63, 3.8) is 0 Å². The fourth-order valence-electron chi connectivity index (χ4n) is 2.32. The first kappa shape index (κ1) is 17.0. The smallest absolute Gasteiger partial charge is 0.135 e. The SMILES string of the molecule is CCC(=O)C(C)CC(C=O)CC(CC)C(=O)CC. The minimum Gasteiger partial charge on any atom is -0.303 e. The van der Waals surface area contributed by atoms with E-state index in [9.17, 15) is 14.4 Å². The Morgan fingerprint density at radius 1 is 1.00 bits per heavy atom. The van der Waals surface area contributed by atoms with Gasteiger partial charge in [0.1, 0.15) is 17.9 Å². The molecule has 0 spiro atoms. The molecule has 18 heavy (non-hydrogen) atoms. The van der Waals surface area contributed by atoms with Crippen molar-refractivity contribution in [2.24, 2.45) is 17.8 Å². The van der Waals surface area contributed by atoms with E-state index in [1.807, 2.05) is 27.7 Å². The molecule has 0 saturated carbocycles. The molecule has 0 N–H and O–H groups in total. The molecular weight excluding hydrogens is 228 g/mol. The lowest BCUT2D eigenvalue weighted by Gasteiger charge is -2.19. The normalized spacial score (nSPS) is 15.8. The molecule has 0 heterocycles. The molecule has 0 rings (SSSR count). The van der Waals surface area contributed by atoms with E-state index in [4.69, 9.17) is 0 Å². The summed E-state index contributed by atoms with van der Waals surface area (Å²) in [5, 5.41) is 0.